The Morgan fingerprint density at radius 3 is 2.84 bits per heavy atom. The molecule has 0 aromatic carbocycles. The smallest absolute Gasteiger partial charge is 0.191 e. The van der Waals surface area contributed by atoms with Crippen molar-refractivity contribution in [2.45, 2.75) is 24.4 Å². The first kappa shape index (κ1) is 14.6. The fourth-order valence-electron chi connectivity index (χ4n) is 1.55. The lowest BCUT2D eigenvalue weighted by Crippen LogP contribution is -2.12. The van der Waals surface area contributed by atoms with E-state index in [0.717, 1.165) is 16.7 Å². The highest BCUT2D eigenvalue weighted by Gasteiger charge is 2.11. The van der Waals surface area contributed by atoms with Gasteiger partial charge in [-0.25, -0.2) is 4.98 Å². The van der Waals surface area contributed by atoms with Gasteiger partial charge in [0.15, 0.2) is 5.16 Å². The van der Waals surface area contributed by atoms with Crippen molar-refractivity contribution in [2.24, 2.45) is 5.73 Å². The van der Waals surface area contributed by atoms with Gasteiger partial charge in [0.05, 0.1) is 10.7 Å². The number of halogens is 2. The highest BCUT2D eigenvalue weighted by molar-refractivity contribution is 7.98. The molecule has 0 aliphatic rings. The van der Waals surface area contributed by atoms with Gasteiger partial charge in [-0.1, -0.05) is 35.0 Å². The van der Waals surface area contributed by atoms with Gasteiger partial charge in [0, 0.05) is 18.8 Å². The van der Waals surface area contributed by atoms with Gasteiger partial charge in [0.1, 0.15) is 11.0 Å². The first-order valence-electron chi connectivity index (χ1n) is 5.65. The van der Waals surface area contributed by atoms with Crippen LogP contribution < -0.4 is 5.73 Å². The van der Waals surface area contributed by atoms with E-state index in [9.17, 15) is 0 Å². The average molecular weight is 318 g/mol. The molecule has 2 aromatic rings. The van der Waals surface area contributed by atoms with Crippen LogP contribution in [0, 0.1) is 6.92 Å². The van der Waals surface area contributed by atoms with E-state index in [0.29, 0.717) is 29.0 Å². The minimum absolute atomic E-state index is 0.430. The van der Waals surface area contributed by atoms with Crippen LogP contribution in [0.5, 0.6) is 0 Å². The molecule has 19 heavy (non-hydrogen) atoms. The maximum atomic E-state index is 6.07. The Hall–Kier alpha value is -0.820. The molecule has 0 saturated heterocycles. The van der Waals surface area contributed by atoms with Gasteiger partial charge in [-0.2, -0.15) is 0 Å². The average Bonchev–Trinajstić information content (AvgIpc) is 2.73. The quantitative estimate of drug-likeness (QED) is 0.678. The van der Waals surface area contributed by atoms with Crippen molar-refractivity contribution in [3.8, 4) is 0 Å². The number of hydrogen-bond acceptors (Lipinski definition) is 5. The molecule has 0 radical (unpaired) electrons. The molecular weight excluding hydrogens is 305 g/mol. The zero-order valence-electron chi connectivity index (χ0n) is 10.3. The first-order valence-corrected chi connectivity index (χ1v) is 7.39. The van der Waals surface area contributed by atoms with E-state index < -0.39 is 0 Å². The van der Waals surface area contributed by atoms with Crippen molar-refractivity contribution in [3.05, 3.63) is 33.8 Å². The van der Waals surface area contributed by atoms with Crippen LogP contribution in [0.2, 0.25) is 10.2 Å². The predicted octanol–water partition coefficient (Wildman–Crippen LogP) is 2.54. The summed E-state index contributed by atoms with van der Waals surface area (Å²) in [6.07, 6.45) is 0. The normalized spacial score (nSPS) is 10.9. The van der Waals surface area contributed by atoms with E-state index in [-0.39, 0.29) is 0 Å². The van der Waals surface area contributed by atoms with E-state index >= 15 is 0 Å². The number of aryl methyl sites for hydroxylation is 1. The van der Waals surface area contributed by atoms with E-state index in [1.165, 1.54) is 11.8 Å². The molecule has 0 aliphatic heterocycles. The third kappa shape index (κ3) is 3.60. The van der Waals surface area contributed by atoms with E-state index in [2.05, 4.69) is 15.2 Å². The second kappa shape index (κ2) is 6.56. The molecule has 0 fully saturated rings. The summed E-state index contributed by atoms with van der Waals surface area (Å²) in [5.41, 5.74) is 6.31. The minimum Gasteiger partial charge on any atom is -0.329 e. The molecule has 8 heteroatoms. The number of rotatable bonds is 5. The maximum absolute atomic E-state index is 6.07. The monoisotopic (exact) mass is 317 g/mol. The van der Waals surface area contributed by atoms with Crippen LogP contribution in [-0.2, 0) is 12.3 Å². The first-order chi connectivity index (χ1) is 9.11. The van der Waals surface area contributed by atoms with Crippen LogP contribution in [0.15, 0.2) is 17.3 Å². The zero-order valence-corrected chi connectivity index (χ0v) is 12.6. The molecule has 0 amide bonds. The Morgan fingerprint density at radius 2 is 2.11 bits per heavy atom. The molecule has 0 unspecified atom stereocenters. The van der Waals surface area contributed by atoms with Crippen molar-refractivity contribution < 1.29 is 0 Å². The Labute approximate surface area is 125 Å². The molecule has 0 atom stereocenters. The lowest BCUT2D eigenvalue weighted by atomic mass is 10.4. The van der Waals surface area contributed by atoms with Gasteiger partial charge in [-0.15, -0.1) is 10.2 Å². The summed E-state index contributed by atoms with van der Waals surface area (Å²) in [7, 11) is 0. The van der Waals surface area contributed by atoms with Crippen LogP contribution in [0.1, 0.15) is 11.5 Å². The second-order valence-electron chi connectivity index (χ2n) is 3.82. The van der Waals surface area contributed by atoms with Crippen molar-refractivity contribution >= 4 is 35.0 Å². The molecule has 0 spiro atoms. The highest BCUT2D eigenvalue weighted by Crippen LogP contribution is 2.25. The molecule has 0 saturated carbocycles. The maximum Gasteiger partial charge on any atom is 0.191 e. The molecule has 2 N–H and O–H groups in total. The van der Waals surface area contributed by atoms with Crippen molar-refractivity contribution in [2.75, 3.05) is 6.54 Å². The third-order valence-corrected chi connectivity index (χ3v) is 4.01. The molecular formula is C11H13Cl2N5S. The summed E-state index contributed by atoms with van der Waals surface area (Å²) in [6.45, 7) is 3.14. The van der Waals surface area contributed by atoms with Crippen LogP contribution in [0.4, 0.5) is 0 Å². The number of nitrogens with zero attached hydrogens (tertiary/aromatic N) is 4. The fraction of sp³-hybridized carbons (Fsp3) is 0.364. The van der Waals surface area contributed by atoms with Crippen molar-refractivity contribution in [1.29, 1.82) is 0 Å². The third-order valence-electron chi connectivity index (χ3n) is 2.48. The summed E-state index contributed by atoms with van der Waals surface area (Å²) in [5.74, 6) is 1.43. The van der Waals surface area contributed by atoms with Gasteiger partial charge >= 0.3 is 0 Å². The van der Waals surface area contributed by atoms with Crippen molar-refractivity contribution in [1.82, 2.24) is 19.7 Å². The topological polar surface area (TPSA) is 69.6 Å². The van der Waals surface area contributed by atoms with Crippen LogP contribution >= 0.6 is 35.0 Å². The zero-order chi connectivity index (χ0) is 13.8. The number of hydrogen-bond donors (Lipinski definition) is 1. The van der Waals surface area contributed by atoms with Gasteiger partial charge in [-0.3, -0.25) is 0 Å². The number of nitrogens with two attached hydrogens (primary N) is 1. The molecule has 5 nitrogen and oxygen atoms in total. The standard InChI is InChI=1S/C11H13Cl2N5S/c1-7-16-17-11(18(7)5-4-14)19-6-9-8(12)2-3-10(13)15-9/h2-3H,4-6,14H2,1H3. The van der Waals surface area contributed by atoms with Gasteiger partial charge in [0.25, 0.3) is 0 Å². The lowest BCUT2D eigenvalue weighted by Gasteiger charge is -2.07. The van der Waals surface area contributed by atoms with Crippen molar-refractivity contribution in [3.63, 3.8) is 0 Å². The Balaban J connectivity index is 2.12. The molecule has 0 aliphatic carbocycles. The summed E-state index contributed by atoms with van der Waals surface area (Å²) in [5, 5.41) is 9.99. The predicted molar refractivity (Wildman–Crippen MR) is 77.6 cm³/mol. The summed E-state index contributed by atoms with van der Waals surface area (Å²) >= 11 is 13.4. The van der Waals surface area contributed by atoms with Crippen LogP contribution in [-0.4, -0.2) is 26.3 Å². The SMILES string of the molecule is Cc1nnc(SCc2nc(Cl)ccc2Cl)n1CCN. The highest BCUT2D eigenvalue weighted by atomic mass is 35.5. The van der Waals surface area contributed by atoms with Gasteiger partial charge < -0.3 is 10.3 Å². The van der Waals surface area contributed by atoms with E-state index in [1.54, 1.807) is 12.1 Å². The number of thioether (sulfide) groups is 1. The summed E-state index contributed by atoms with van der Waals surface area (Å²) < 4.78 is 1.98. The Morgan fingerprint density at radius 1 is 1.32 bits per heavy atom. The van der Waals surface area contributed by atoms with E-state index in [4.69, 9.17) is 28.9 Å². The lowest BCUT2D eigenvalue weighted by molar-refractivity contribution is 0.627. The van der Waals surface area contributed by atoms with E-state index in [1.807, 2.05) is 11.5 Å². The summed E-state index contributed by atoms with van der Waals surface area (Å²) in [4.78, 5) is 4.20. The summed E-state index contributed by atoms with van der Waals surface area (Å²) in [6, 6.07) is 3.40. The molecule has 0 bridgehead atoms. The number of aromatic nitrogens is 4. The molecule has 2 rings (SSSR count). The van der Waals surface area contributed by atoms with Gasteiger partial charge in [-0.05, 0) is 19.1 Å². The Bertz CT molecular complexity index is 572. The van der Waals surface area contributed by atoms with Gasteiger partial charge in [0.2, 0.25) is 0 Å². The number of pyridine rings is 1. The molecule has 102 valence electrons. The van der Waals surface area contributed by atoms with Crippen LogP contribution in [0.25, 0.3) is 0 Å². The minimum atomic E-state index is 0.430. The van der Waals surface area contributed by atoms with Crippen LogP contribution in [0.3, 0.4) is 0 Å². The Kier molecular flexibility index (Phi) is 5.04. The molecule has 2 heterocycles. The fourth-order valence-corrected chi connectivity index (χ4v) is 2.93. The second-order valence-corrected chi connectivity index (χ2v) is 5.56. The molecule has 2 aromatic heterocycles. The largest absolute Gasteiger partial charge is 0.329 e.